The Labute approximate surface area is 169 Å². The molecule has 0 N–H and O–H groups in total. The first-order chi connectivity index (χ1) is 11.8. The quantitative estimate of drug-likeness (QED) is 0.412. The summed E-state index contributed by atoms with van der Waals surface area (Å²) in [6.07, 6.45) is 1.57. The number of fused-ring (bicyclic) bond motifs is 1. The summed E-state index contributed by atoms with van der Waals surface area (Å²) in [4.78, 5) is 4.17. The molecule has 25 heavy (non-hydrogen) atoms. The average molecular weight is 552 g/mol. The molecule has 0 saturated heterocycles. The summed E-state index contributed by atoms with van der Waals surface area (Å²) in [5.74, 6) is 0.300. The predicted molar refractivity (Wildman–Crippen MR) is 106 cm³/mol. The van der Waals surface area contributed by atoms with E-state index >= 15 is 0 Å². The molecule has 130 valence electrons. The topological polar surface area (TPSA) is 65.5 Å². The van der Waals surface area contributed by atoms with Gasteiger partial charge in [-0.2, -0.15) is 8.42 Å². The van der Waals surface area contributed by atoms with Crippen molar-refractivity contribution in [2.75, 3.05) is 7.11 Å². The first kappa shape index (κ1) is 18.6. The molecule has 0 fully saturated rings. The lowest BCUT2D eigenvalue weighted by atomic mass is 10.2. The van der Waals surface area contributed by atoms with Crippen LogP contribution in [0.3, 0.4) is 0 Å². The van der Waals surface area contributed by atoms with Crippen LogP contribution in [0.5, 0.6) is 11.5 Å². The minimum atomic E-state index is -4.15. The van der Waals surface area contributed by atoms with E-state index in [4.69, 9.17) is 8.92 Å². The van der Waals surface area contributed by atoms with E-state index in [1.807, 2.05) is 6.07 Å². The molecule has 1 aromatic heterocycles. The Morgan fingerprint density at radius 3 is 2.52 bits per heavy atom. The van der Waals surface area contributed by atoms with Gasteiger partial charge in [-0.1, -0.05) is 37.9 Å². The lowest BCUT2D eigenvalue weighted by Gasteiger charge is -2.14. The normalized spacial score (nSPS) is 11.5. The highest BCUT2D eigenvalue weighted by Gasteiger charge is 2.25. The molecule has 0 aliphatic heterocycles. The van der Waals surface area contributed by atoms with Crippen LogP contribution in [0.1, 0.15) is 0 Å². The lowest BCUT2D eigenvalue weighted by molar-refractivity contribution is 0.398. The van der Waals surface area contributed by atoms with Crippen molar-refractivity contribution in [2.45, 2.75) is 4.90 Å². The second-order valence-electron chi connectivity index (χ2n) is 4.90. The van der Waals surface area contributed by atoms with Gasteiger partial charge >= 0.3 is 10.1 Å². The van der Waals surface area contributed by atoms with Crippen LogP contribution in [-0.4, -0.2) is 20.5 Å². The SMILES string of the molecule is COc1ccc(Br)cc1S(=O)(=O)Oc1c(Br)cc(Br)c2cccnc12. The predicted octanol–water partition coefficient (Wildman–Crippen LogP) is 5.30. The van der Waals surface area contributed by atoms with Gasteiger partial charge in [0.1, 0.15) is 16.2 Å². The van der Waals surface area contributed by atoms with Gasteiger partial charge in [-0.25, -0.2) is 0 Å². The number of ether oxygens (including phenoxy) is 1. The summed E-state index contributed by atoms with van der Waals surface area (Å²) in [5, 5.41) is 0.733. The average Bonchev–Trinajstić information content (AvgIpc) is 2.58. The third kappa shape index (κ3) is 3.69. The van der Waals surface area contributed by atoms with E-state index in [1.165, 1.54) is 13.2 Å². The summed E-state index contributed by atoms with van der Waals surface area (Å²) in [6.45, 7) is 0. The van der Waals surface area contributed by atoms with Crippen LogP contribution in [0.2, 0.25) is 0 Å². The van der Waals surface area contributed by atoms with Gasteiger partial charge in [0.2, 0.25) is 0 Å². The van der Waals surface area contributed by atoms with Crippen LogP contribution < -0.4 is 8.92 Å². The zero-order valence-corrected chi connectivity index (χ0v) is 18.2. The Kier molecular flexibility index (Phi) is 5.38. The van der Waals surface area contributed by atoms with Crippen molar-refractivity contribution in [2.24, 2.45) is 0 Å². The highest BCUT2D eigenvalue weighted by atomic mass is 79.9. The number of hydrogen-bond donors (Lipinski definition) is 0. The van der Waals surface area contributed by atoms with Crippen LogP contribution in [0, 0.1) is 0 Å². The minimum Gasteiger partial charge on any atom is -0.495 e. The van der Waals surface area contributed by atoms with Crippen molar-refractivity contribution in [3.05, 3.63) is 56.0 Å². The van der Waals surface area contributed by atoms with Crippen LogP contribution >= 0.6 is 47.8 Å². The molecule has 2 aromatic carbocycles. The van der Waals surface area contributed by atoms with Gasteiger partial charge in [0, 0.05) is 20.5 Å². The maximum Gasteiger partial charge on any atom is 0.343 e. The summed E-state index contributed by atoms with van der Waals surface area (Å²) >= 11 is 10.0. The van der Waals surface area contributed by atoms with Crippen molar-refractivity contribution in [3.63, 3.8) is 0 Å². The van der Waals surface area contributed by atoms with Gasteiger partial charge in [-0.15, -0.1) is 0 Å². The largest absolute Gasteiger partial charge is 0.495 e. The fourth-order valence-corrected chi connectivity index (χ4v) is 5.35. The maximum absolute atomic E-state index is 12.8. The summed E-state index contributed by atoms with van der Waals surface area (Å²) < 4.78 is 38.1. The first-order valence-corrected chi connectivity index (χ1v) is 10.6. The van der Waals surface area contributed by atoms with Gasteiger partial charge < -0.3 is 8.92 Å². The molecule has 0 saturated carbocycles. The molecular weight excluding hydrogens is 542 g/mol. The second kappa shape index (κ2) is 7.22. The van der Waals surface area contributed by atoms with E-state index in [2.05, 4.69) is 52.8 Å². The number of methoxy groups -OCH3 is 1. The number of hydrogen-bond acceptors (Lipinski definition) is 5. The third-order valence-electron chi connectivity index (χ3n) is 3.34. The van der Waals surface area contributed by atoms with Gasteiger partial charge in [0.25, 0.3) is 0 Å². The highest BCUT2D eigenvalue weighted by Crippen LogP contribution is 2.39. The number of pyridine rings is 1. The van der Waals surface area contributed by atoms with Gasteiger partial charge in [0.15, 0.2) is 5.75 Å². The van der Waals surface area contributed by atoms with Gasteiger partial charge in [-0.05, 0) is 46.3 Å². The molecule has 1 heterocycles. The minimum absolute atomic E-state index is 0.0803. The third-order valence-corrected chi connectivity index (χ3v) is 6.32. The van der Waals surface area contributed by atoms with Crippen molar-refractivity contribution in [3.8, 4) is 11.5 Å². The van der Waals surface area contributed by atoms with Gasteiger partial charge in [-0.3, -0.25) is 4.98 Å². The van der Waals surface area contributed by atoms with E-state index in [9.17, 15) is 8.42 Å². The fraction of sp³-hybridized carbons (Fsp3) is 0.0625. The lowest BCUT2D eigenvalue weighted by Crippen LogP contribution is -2.12. The van der Waals surface area contributed by atoms with E-state index in [-0.39, 0.29) is 16.4 Å². The number of rotatable bonds is 4. The Hall–Kier alpha value is -1.16. The molecule has 0 amide bonds. The molecule has 0 bridgehead atoms. The molecule has 5 nitrogen and oxygen atoms in total. The van der Waals surface area contributed by atoms with Crippen LogP contribution in [0.15, 0.2) is 60.9 Å². The van der Waals surface area contributed by atoms with Crippen LogP contribution in [-0.2, 0) is 10.1 Å². The molecule has 0 radical (unpaired) electrons. The molecular formula is C16H10Br3NO4S. The Morgan fingerprint density at radius 1 is 1.04 bits per heavy atom. The monoisotopic (exact) mass is 549 g/mol. The van der Waals surface area contributed by atoms with E-state index in [0.29, 0.717) is 14.5 Å². The Bertz CT molecular complexity index is 1070. The van der Waals surface area contributed by atoms with Crippen LogP contribution in [0.25, 0.3) is 10.9 Å². The van der Waals surface area contributed by atoms with Crippen molar-refractivity contribution in [1.29, 1.82) is 0 Å². The van der Waals surface area contributed by atoms with Crippen LogP contribution in [0.4, 0.5) is 0 Å². The summed E-state index contributed by atoms with van der Waals surface area (Å²) in [5.41, 5.74) is 0.418. The second-order valence-corrected chi connectivity index (χ2v) is 9.04. The molecule has 9 heteroatoms. The number of benzene rings is 2. The standard InChI is InChI=1S/C16H10Br3NO4S/c1-23-13-5-4-9(17)7-14(13)25(21,22)24-16-12(19)8-11(18)10-3-2-6-20-15(10)16/h2-8H,1H3. The maximum atomic E-state index is 12.8. The highest BCUT2D eigenvalue weighted by molar-refractivity contribution is 9.11. The van der Waals surface area contributed by atoms with E-state index in [1.54, 1.807) is 30.5 Å². The van der Waals surface area contributed by atoms with E-state index in [0.717, 1.165) is 9.86 Å². The molecule has 3 aromatic rings. The fourth-order valence-electron chi connectivity index (χ4n) is 2.23. The molecule has 0 unspecified atom stereocenters. The van der Waals surface area contributed by atoms with Crippen molar-refractivity contribution < 1.29 is 17.3 Å². The Morgan fingerprint density at radius 2 is 1.80 bits per heavy atom. The molecule has 0 aliphatic carbocycles. The van der Waals surface area contributed by atoms with Crippen molar-refractivity contribution >= 4 is 68.8 Å². The molecule has 0 atom stereocenters. The smallest absolute Gasteiger partial charge is 0.343 e. The molecule has 0 spiro atoms. The number of aromatic nitrogens is 1. The van der Waals surface area contributed by atoms with E-state index < -0.39 is 10.1 Å². The van der Waals surface area contributed by atoms with Crippen molar-refractivity contribution in [1.82, 2.24) is 4.98 Å². The first-order valence-electron chi connectivity index (χ1n) is 6.84. The Balaban J connectivity index is 2.18. The summed E-state index contributed by atoms with van der Waals surface area (Å²) in [7, 11) is -2.75. The van der Waals surface area contributed by atoms with Gasteiger partial charge in [0.05, 0.1) is 11.6 Å². The summed E-state index contributed by atoms with van der Waals surface area (Å²) in [6, 6.07) is 9.95. The zero-order chi connectivity index (χ0) is 18.2. The number of nitrogens with zero attached hydrogens (tertiary/aromatic N) is 1. The molecule has 0 aliphatic rings. The zero-order valence-electron chi connectivity index (χ0n) is 12.7. The number of halogens is 3. The molecule has 3 rings (SSSR count).